The number of ether oxygens (including phenoxy) is 1. The van der Waals surface area contributed by atoms with Gasteiger partial charge >= 0.3 is 6.18 Å². The lowest BCUT2D eigenvalue weighted by Crippen LogP contribution is -2.36. The second-order valence-corrected chi connectivity index (χ2v) is 6.33. The summed E-state index contributed by atoms with van der Waals surface area (Å²) < 4.78 is 41.0. The minimum atomic E-state index is -4.40. The Kier molecular flexibility index (Phi) is 6.50. The quantitative estimate of drug-likeness (QED) is 0.796. The predicted octanol–water partition coefficient (Wildman–Crippen LogP) is 3.60. The number of carbonyl (C=O) groups is 2. The molecule has 1 aromatic carbocycles. The van der Waals surface area contributed by atoms with Gasteiger partial charge in [0.25, 0.3) is 0 Å². The van der Waals surface area contributed by atoms with Crippen molar-refractivity contribution in [3.05, 3.63) is 24.3 Å². The minimum absolute atomic E-state index is 0.0188. The Labute approximate surface area is 150 Å². The molecule has 2 amide bonds. The van der Waals surface area contributed by atoms with Crippen molar-refractivity contribution in [3.8, 4) is 5.75 Å². The monoisotopic (exact) mass is 372 g/mol. The number of carbonyl (C=O) groups excluding carboxylic acids is 2. The number of hydrogen-bond donors (Lipinski definition) is 1. The summed E-state index contributed by atoms with van der Waals surface area (Å²) in [6.07, 6.45) is -2.54. The van der Waals surface area contributed by atoms with E-state index in [0.29, 0.717) is 12.2 Å². The predicted molar refractivity (Wildman–Crippen MR) is 90.8 cm³/mol. The lowest BCUT2D eigenvalue weighted by molar-refractivity contribution is -0.153. The molecular weight excluding hydrogens is 349 g/mol. The molecule has 1 aliphatic heterocycles. The maximum atomic E-state index is 12.4. The largest absolute Gasteiger partial charge is 0.484 e. The minimum Gasteiger partial charge on any atom is -0.484 e. The van der Waals surface area contributed by atoms with Crippen molar-refractivity contribution in [3.63, 3.8) is 0 Å². The Bertz CT molecular complexity index is 628. The van der Waals surface area contributed by atoms with E-state index < -0.39 is 18.7 Å². The van der Waals surface area contributed by atoms with Crippen LogP contribution in [0.15, 0.2) is 24.3 Å². The maximum absolute atomic E-state index is 12.4. The van der Waals surface area contributed by atoms with Crippen molar-refractivity contribution in [1.29, 1.82) is 0 Å². The van der Waals surface area contributed by atoms with Gasteiger partial charge in [0.05, 0.1) is 5.92 Å². The van der Waals surface area contributed by atoms with Crippen molar-refractivity contribution < 1.29 is 27.5 Å². The second kappa shape index (κ2) is 8.42. The van der Waals surface area contributed by atoms with E-state index >= 15 is 0 Å². The van der Waals surface area contributed by atoms with Gasteiger partial charge in [0.15, 0.2) is 6.61 Å². The van der Waals surface area contributed by atoms with E-state index in [4.69, 9.17) is 0 Å². The molecule has 1 fully saturated rings. The van der Waals surface area contributed by atoms with Crippen LogP contribution in [0.4, 0.5) is 18.9 Å². The van der Waals surface area contributed by atoms with Crippen molar-refractivity contribution in [1.82, 2.24) is 4.90 Å². The number of amides is 2. The molecule has 1 saturated heterocycles. The first-order valence-electron chi connectivity index (χ1n) is 8.63. The molecule has 1 N–H and O–H groups in total. The SMILES string of the molecule is CCC(CC)N1CC(C(=O)Nc2ccc(OCC(F)(F)F)cc2)CC1=O. The summed E-state index contributed by atoms with van der Waals surface area (Å²) in [5.74, 6) is -0.647. The van der Waals surface area contributed by atoms with E-state index in [2.05, 4.69) is 10.1 Å². The molecule has 0 aromatic heterocycles. The highest BCUT2D eigenvalue weighted by atomic mass is 19.4. The van der Waals surface area contributed by atoms with Gasteiger partial charge in [0.2, 0.25) is 11.8 Å². The fraction of sp³-hybridized carbons (Fsp3) is 0.556. The molecule has 8 heteroatoms. The van der Waals surface area contributed by atoms with E-state index in [1.54, 1.807) is 4.90 Å². The summed E-state index contributed by atoms with van der Waals surface area (Å²) in [5.41, 5.74) is 0.447. The van der Waals surface area contributed by atoms with E-state index in [1.165, 1.54) is 24.3 Å². The van der Waals surface area contributed by atoms with Gasteiger partial charge in [-0.1, -0.05) is 13.8 Å². The molecule has 2 rings (SSSR count). The lowest BCUT2D eigenvalue weighted by Gasteiger charge is -2.26. The summed E-state index contributed by atoms with van der Waals surface area (Å²) >= 11 is 0. The van der Waals surface area contributed by atoms with Crippen LogP contribution in [0, 0.1) is 5.92 Å². The highest BCUT2D eigenvalue weighted by Crippen LogP contribution is 2.25. The molecule has 0 radical (unpaired) electrons. The average molecular weight is 372 g/mol. The fourth-order valence-corrected chi connectivity index (χ4v) is 3.03. The Balaban J connectivity index is 1.91. The van der Waals surface area contributed by atoms with Gasteiger partial charge in [-0.05, 0) is 37.1 Å². The van der Waals surface area contributed by atoms with Gasteiger partial charge in [0, 0.05) is 24.7 Å². The highest BCUT2D eigenvalue weighted by molar-refractivity contribution is 5.97. The van der Waals surface area contributed by atoms with Gasteiger partial charge in [-0.25, -0.2) is 0 Å². The number of alkyl halides is 3. The van der Waals surface area contributed by atoms with Gasteiger partial charge in [-0.2, -0.15) is 13.2 Å². The Hall–Kier alpha value is -2.25. The molecular formula is C18H23F3N2O3. The zero-order valence-electron chi connectivity index (χ0n) is 14.8. The first kappa shape index (κ1) is 20.1. The van der Waals surface area contributed by atoms with Crippen molar-refractivity contribution in [2.75, 3.05) is 18.5 Å². The van der Waals surface area contributed by atoms with Gasteiger partial charge in [0.1, 0.15) is 5.75 Å². The molecule has 1 unspecified atom stereocenters. The first-order chi connectivity index (χ1) is 12.2. The first-order valence-corrected chi connectivity index (χ1v) is 8.63. The van der Waals surface area contributed by atoms with Crippen molar-refractivity contribution in [2.45, 2.75) is 45.3 Å². The van der Waals surface area contributed by atoms with Gasteiger partial charge in [-0.15, -0.1) is 0 Å². The molecule has 5 nitrogen and oxygen atoms in total. The molecule has 26 heavy (non-hydrogen) atoms. The number of anilines is 1. The van der Waals surface area contributed by atoms with Crippen LogP contribution in [0.1, 0.15) is 33.1 Å². The highest BCUT2D eigenvalue weighted by Gasteiger charge is 2.36. The average Bonchev–Trinajstić information content (AvgIpc) is 2.97. The number of rotatable bonds is 7. The Morgan fingerprint density at radius 2 is 1.88 bits per heavy atom. The number of benzene rings is 1. The number of likely N-dealkylation sites (tertiary alicyclic amines) is 1. The maximum Gasteiger partial charge on any atom is 0.422 e. The topological polar surface area (TPSA) is 58.6 Å². The lowest BCUT2D eigenvalue weighted by atomic mass is 10.1. The summed E-state index contributed by atoms with van der Waals surface area (Å²) in [5, 5.41) is 2.70. The van der Waals surface area contributed by atoms with E-state index in [0.717, 1.165) is 12.8 Å². The third-order valence-electron chi connectivity index (χ3n) is 4.44. The third-order valence-corrected chi connectivity index (χ3v) is 4.44. The smallest absolute Gasteiger partial charge is 0.422 e. The second-order valence-electron chi connectivity index (χ2n) is 6.33. The molecule has 1 atom stereocenters. The zero-order valence-corrected chi connectivity index (χ0v) is 14.8. The van der Waals surface area contributed by atoms with Gasteiger partial charge in [-0.3, -0.25) is 9.59 Å². The molecule has 0 saturated carbocycles. The fourth-order valence-electron chi connectivity index (χ4n) is 3.03. The van der Waals surface area contributed by atoms with Crippen LogP contribution in [0.3, 0.4) is 0 Å². The van der Waals surface area contributed by atoms with Crippen LogP contribution >= 0.6 is 0 Å². The van der Waals surface area contributed by atoms with E-state index in [-0.39, 0.29) is 30.0 Å². The van der Waals surface area contributed by atoms with Crippen LogP contribution in [-0.4, -0.2) is 42.1 Å². The molecule has 1 aliphatic rings. The van der Waals surface area contributed by atoms with Gasteiger partial charge < -0.3 is 15.0 Å². The molecule has 0 bridgehead atoms. The molecule has 1 heterocycles. The third kappa shape index (κ3) is 5.37. The standard InChI is InChI=1S/C18H23F3N2O3/c1-3-14(4-2)23-10-12(9-16(23)24)17(25)22-13-5-7-15(8-6-13)26-11-18(19,20)21/h5-8,12,14H,3-4,9-11H2,1-2H3,(H,22,25). The summed E-state index contributed by atoms with van der Waals surface area (Å²) in [7, 11) is 0. The zero-order chi connectivity index (χ0) is 19.3. The van der Waals surface area contributed by atoms with E-state index in [9.17, 15) is 22.8 Å². The van der Waals surface area contributed by atoms with E-state index in [1.807, 2.05) is 13.8 Å². The molecule has 1 aromatic rings. The van der Waals surface area contributed by atoms with Crippen LogP contribution in [0.25, 0.3) is 0 Å². The molecule has 0 spiro atoms. The number of nitrogens with zero attached hydrogens (tertiary/aromatic N) is 1. The van der Waals surface area contributed by atoms with Crippen LogP contribution in [0.2, 0.25) is 0 Å². The van der Waals surface area contributed by atoms with Crippen molar-refractivity contribution >= 4 is 17.5 Å². The molecule has 0 aliphatic carbocycles. The van der Waals surface area contributed by atoms with Crippen LogP contribution < -0.4 is 10.1 Å². The Morgan fingerprint density at radius 1 is 1.27 bits per heavy atom. The Morgan fingerprint density at radius 3 is 2.42 bits per heavy atom. The van der Waals surface area contributed by atoms with Crippen LogP contribution in [0.5, 0.6) is 5.75 Å². The number of nitrogens with one attached hydrogen (secondary N) is 1. The summed E-state index contributed by atoms with van der Waals surface area (Å²) in [4.78, 5) is 26.3. The normalized spacial score (nSPS) is 17.7. The number of hydrogen-bond acceptors (Lipinski definition) is 3. The molecule has 144 valence electrons. The number of halogens is 3. The van der Waals surface area contributed by atoms with Crippen LogP contribution in [-0.2, 0) is 9.59 Å². The summed E-state index contributed by atoms with van der Waals surface area (Å²) in [6, 6.07) is 5.80. The van der Waals surface area contributed by atoms with Crippen molar-refractivity contribution in [2.24, 2.45) is 5.92 Å². The summed E-state index contributed by atoms with van der Waals surface area (Å²) in [6.45, 7) is 3.05.